The number of nitrogens with zero attached hydrogens (tertiary/aromatic N) is 1. The molecule has 0 aromatic carbocycles. The number of hydrogen-bond donors (Lipinski definition) is 2. The molecule has 0 aromatic rings. The maximum absolute atomic E-state index is 12.0. The fraction of sp³-hybridized carbons (Fsp3) is 0.818. The van der Waals surface area contributed by atoms with E-state index in [4.69, 9.17) is 5.11 Å². The Hall–Kier alpha value is -1.16. The molecule has 0 radical (unpaired) electrons. The number of carboxylic acid groups (broad SMARTS) is 1. The van der Waals surface area contributed by atoms with Gasteiger partial charge in [0.15, 0.2) is 9.84 Å². The second kappa shape index (κ2) is 7.74. The van der Waals surface area contributed by atoms with Gasteiger partial charge in [0.2, 0.25) is 0 Å². The quantitative estimate of drug-likeness (QED) is 0.601. The van der Waals surface area contributed by atoms with E-state index >= 15 is 0 Å². The van der Waals surface area contributed by atoms with Gasteiger partial charge in [-0.25, -0.2) is 13.2 Å². The third-order valence-electron chi connectivity index (χ3n) is 3.09. The van der Waals surface area contributed by atoms with Crippen LogP contribution in [0.3, 0.4) is 0 Å². The Bertz CT molecular complexity index is 519. The zero-order valence-electron chi connectivity index (χ0n) is 11.8. The van der Waals surface area contributed by atoms with Crippen molar-refractivity contribution in [2.75, 3.05) is 36.6 Å². The SMILES string of the molecule is CS(=O)CCCNC(=O)N1CCS(=O)(=O)CC1CC(=O)O. The predicted octanol–water partition coefficient (Wildman–Crippen LogP) is -0.962. The predicted molar refractivity (Wildman–Crippen MR) is 78.3 cm³/mol. The van der Waals surface area contributed by atoms with E-state index in [2.05, 4.69) is 5.32 Å². The van der Waals surface area contributed by atoms with Gasteiger partial charge in [0.05, 0.1) is 24.0 Å². The molecule has 1 heterocycles. The van der Waals surface area contributed by atoms with Crippen LogP contribution in [-0.4, -0.2) is 77.3 Å². The third-order valence-corrected chi connectivity index (χ3v) is 5.65. The maximum atomic E-state index is 12.0. The zero-order chi connectivity index (χ0) is 16.0. The second-order valence-electron chi connectivity index (χ2n) is 4.92. The summed E-state index contributed by atoms with van der Waals surface area (Å²) in [6.07, 6.45) is 1.72. The normalized spacial score (nSPS) is 22.5. The lowest BCUT2D eigenvalue weighted by Crippen LogP contribution is -2.55. The lowest BCUT2D eigenvalue weighted by atomic mass is 10.2. The van der Waals surface area contributed by atoms with Gasteiger partial charge in [0.25, 0.3) is 0 Å². The van der Waals surface area contributed by atoms with E-state index in [0.29, 0.717) is 18.7 Å². The summed E-state index contributed by atoms with van der Waals surface area (Å²) in [5, 5.41) is 11.4. The molecule has 8 nitrogen and oxygen atoms in total. The number of sulfone groups is 1. The first-order valence-electron chi connectivity index (χ1n) is 6.48. The van der Waals surface area contributed by atoms with Crippen LogP contribution in [0.25, 0.3) is 0 Å². The molecule has 0 aromatic heterocycles. The smallest absolute Gasteiger partial charge is 0.317 e. The number of amides is 2. The van der Waals surface area contributed by atoms with E-state index in [0.717, 1.165) is 0 Å². The Morgan fingerprint density at radius 2 is 2.10 bits per heavy atom. The summed E-state index contributed by atoms with van der Waals surface area (Å²) < 4.78 is 34.0. The van der Waals surface area contributed by atoms with Crippen molar-refractivity contribution in [2.45, 2.75) is 18.9 Å². The first-order chi connectivity index (χ1) is 9.71. The molecular weight excluding hydrogens is 320 g/mol. The molecule has 2 N–H and O–H groups in total. The van der Waals surface area contributed by atoms with Crippen LogP contribution >= 0.6 is 0 Å². The number of hydrogen-bond acceptors (Lipinski definition) is 5. The van der Waals surface area contributed by atoms with Gasteiger partial charge in [-0.3, -0.25) is 9.00 Å². The minimum Gasteiger partial charge on any atom is -0.481 e. The Kier molecular flexibility index (Phi) is 6.59. The van der Waals surface area contributed by atoms with Crippen LogP contribution in [0.2, 0.25) is 0 Å². The third kappa shape index (κ3) is 6.42. The van der Waals surface area contributed by atoms with Crippen LogP contribution in [0.1, 0.15) is 12.8 Å². The van der Waals surface area contributed by atoms with Gasteiger partial charge in [-0.15, -0.1) is 0 Å². The summed E-state index contributed by atoms with van der Waals surface area (Å²) in [5.41, 5.74) is 0. The van der Waals surface area contributed by atoms with Crippen molar-refractivity contribution in [1.29, 1.82) is 0 Å². The van der Waals surface area contributed by atoms with Crippen LogP contribution in [0, 0.1) is 0 Å². The highest BCUT2D eigenvalue weighted by Crippen LogP contribution is 2.15. The molecule has 0 bridgehead atoms. The standard InChI is InChI=1S/C11H20N2O6S2/c1-20(17)5-2-3-12-11(16)13-4-6-21(18,19)8-9(13)7-10(14)15/h9H,2-8H2,1H3,(H,12,16)(H,14,15). The van der Waals surface area contributed by atoms with E-state index in [-0.39, 0.29) is 18.1 Å². The second-order valence-corrected chi connectivity index (χ2v) is 8.71. The minimum atomic E-state index is -3.31. The van der Waals surface area contributed by atoms with E-state index in [1.54, 1.807) is 6.26 Å². The lowest BCUT2D eigenvalue weighted by molar-refractivity contribution is -0.138. The number of carbonyl (C=O) groups excluding carboxylic acids is 1. The fourth-order valence-electron chi connectivity index (χ4n) is 2.10. The largest absolute Gasteiger partial charge is 0.481 e. The summed E-state index contributed by atoms with van der Waals surface area (Å²) in [6.45, 7) is 0.313. The highest BCUT2D eigenvalue weighted by Gasteiger charge is 2.35. The molecule has 2 unspecified atom stereocenters. The molecule has 1 saturated heterocycles. The van der Waals surface area contributed by atoms with Gasteiger partial charge >= 0.3 is 12.0 Å². The van der Waals surface area contributed by atoms with E-state index < -0.39 is 45.1 Å². The van der Waals surface area contributed by atoms with Crippen LogP contribution < -0.4 is 5.32 Å². The van der Waals surface area contributed by atoms with Crippen LogP contribution in [0.15, 0.2) is 0 Å². The van der Waals surface area contributed by atoms with Crippen molar-refractivity contribution in [3.63, 3.8) is 0 Å². The Labute approximate surface area is 126 Å². The number of aliphatic carboxylic acids is 1. The fourth-order valence-corrected chi connectivity index (χ4v) is 4.17. The van der Waals surface area contributed by atoms with Crippen LogP contribution in [-0.2, 0) is 25.4 Å². The Morgan fingerprint density at radius 3 is 2.67 bits per heavy atom. The summed E-state index contributed by atoms with van der Waals surface area (Å²) in [6, 6.07) is -1.32. The molecule has 0 saturated carbocycles. The number of rotatable bonds is 6. The first kappa shape index (κ1) is 17.9. The molecule has 1 aliphatic rings. The van der Waals surface area contributed by atoms with Crippen molar-refractivity contribution in [1.82, 2.24) is 10.2 Å². The number of nitrogens with one attached hydrogen (secondary N) is 1. The van der Waals surface area contributed by atoms with Gasteiger partial charge < -0.3 is 15.3 Å². The van der Waals surface area contributed by atoms with Crippen molar-refractivity contribution in [3.8, 4) is 0 Å². The zero-order valence-corrected chi connectivity index (χ0v) is 13.4. The van der Waals surface area contributed by atoms with Crippen molar-refractivity contribution < 1.29 is 27.3 Å². The van der Waals surface area contributed by atoms with Crippen LogP contribution in [0.4, 0.5) is 4.79 Å². The van der Waals surface area contributed by atoms with E-state index in [9.17, 15) is 22.2 Å². The molecule has 10 heteroatoms. The van der Waals surface area contributed by atoms with Gasteiger partial charge in [0, 0.05) is 35.9 Å². The highest BCUT2D eigenvalue weighted by atomic mass is 32.2. The first-order valence-corrected chi connectivity index (χ1v) is 10.0. The molecular formula is C11H20N2O6S2. The van der Waals surface area contributed by atoms with Crippen LogP contribution in [0.5, 0.6) is 0 Å². The molecule has 2 atom stereocenters. The maximum Gasteiger partial charge on any atom is 0.317 e. The van der Waals surface area contributed by atoms with Crippen molar-refractivity contribution >= 4 is 32.6 Å². The highest BCUT2D eigenvalue weighted by molar-refractivity contribution is 7.91. The summed E-state index contributed by atoms with van der Waals surface area (Å²) in [4.78, 5) is 24.1. The van der Waals surface area contributed by atoms with E-state index in [1.807, 2.05) is 0 Å². The lowest BCUT2D eigenvalue weighted by Gasteiger charge is -2.34. The molecule has 1 fully saturated rings. The van der Waals surface area contributed by atoms with Crippen molar-refractivity contribution in [2.24, 2.45) is 0 Å². The Morgan fingerprint density at radius 1 is 1.43 bits per heavy atom. The average molecular weight is 340 g/mol. The Balaban J connectivity index is 2.58. The topological polar surface area (TPSA) is 121 Å². The summed E-state index contributed by atoms with van der Waals surface area (Å²) in [7, 11) is -4.24. The number of carboxylic acids is 1. The molecule has 2 amide bonds. The van der Waals surface area contributed by atoms with Gasteiger partial charge in [-0.1, -0.05) is 0 Å². The number of urea groups is 1. The summed E-state index contributed by atoms with van der Waals surface area (Å²) in [5.74, 6) is -1.16. The molecule has 21 heavy (non-hydrogen) atoms. The number of carbonyl (C=O) groups is 2. The molecule has 122 valence electrons. The monoisotopic (exact) mass is 340 g/mol. The molecule has 0 aliphatic carbocycles. The average Bonchev–Trinajstić information content (AvgIpc) is 2.32. The molecule has 1 aliphatic heterocycles. The van der Waals surface area contributed by atoms with E-state index in [1.165, 1.54) is 4.90 Å². The summed E-state index contributed by atoms with van der Waals surface area (Å²) >= 11 is 0. The molecule has 0 spiro atoms. The van der Waals surface area contributed by atoms with Gasteiger partial charge in [-0.05, 0) is 6.42 Å². The van der Waals surface area contributed by atoms with Gasteiger partial charge in [0.1, 0.15) is 0 Å². The van der Waals surface area contributed by atoms with Crippen molar-refractivity contribution in [3.05, 3.63) is 0 Å². The molecule has 1 rings (SSSR count). The minimum absolute atomic E-state index is 0.00811. The van der Waals surface area contributed by atoms with Gasteiger partial charge in [-0.2, -0.15) is 0 Å².